The predicted octanol–water partition coefficient (Wildman–Crippen LogP) is 5.19. The molecular weight excluding hydrogens is 458 g/mol. The molecule has 1 heterocycles. The molecule has 4 rings (SSSR count). The van der Waals surface area contributed by atoms with Gasteiger partial charge >= 0.3 is 0 Å². The summed E-state index contributed by atoms with van der Waals surface area (Å²) in [6, 6.07) is 23.8. The maximum Gasteiger partial charge on any atom is 0.250 e. The number of nitrogens with one attached hydrogen (secondary N) is 1. The average molecular weight is 486 g/mol. The molecule has 1 N–H and O–H groups in total. The Morgan fingerprint density at radius 3 is 2.29 bits per heavy atom. The van der Waals surface area contributed by atoms with Gasteiger partial charge in [0.15, 0.2) is 11.0 Å². The molecule has 4 aromatic rings. The highest BCUT2D eigenvalue weighted by Crippen LogP contribution is 2.28. The number of thioether (sulfide) groups is 1. The monoisotopic (exact) mass is 485 g/mol. The lowest BCUT2D eigenvalue weighted by Gasteiger charge is -2.11. The number of rotatable bonds is 9. The van der Waals surface area contributed by atoms with Crippen LogP contribution in [0.2, 0.25) is 0 Å². The first-order valence-electron chi connectivity index (χ1n) is 11.3. The topological polar surface area (TPSA) is 81.4 Å². The lowest BCUT2D eigenvalue weighted by atomic mass is 10.1. The number of aromatic nitrogens is 3. The van der Waals surface area contributed by atoms with Crippen LogP contribution in [0.25, 0.3) is 17.1 Å². The zero-order valence-corrected chi connectivity index (χ0v) is 20.7. The molecule has 0 unspecified atom stereocenters. The third kappa shape index (κ3) is 6.36. The highest BCUT2D eigenvalue weighted by atomic mass is 32.2. The van der Waals surface area contributed by atoms with Gasteiger partial charge in [0.25, 0.3) is 5.91 Å². The lowest BCUT2D eigenvalue weighted by Crippen LogP contribution is -2.20. The minimum absolute atomic E-state index is 0.151. The molecule has 0 atom stereocenters. The number of hydrogen-bond acceptors (Lipinski definition) is 6. The van der Waals surface area contributed by atoms with E-state index < -0.39 is 0 Å². The number of nitrogens with zero attached hydrogens (tertiary/aromatic N) is 4. The molecule has 0 aliphatic carbocycles. The number of amides is 1. The smallest absolute Gasteiger partial charge is 0.250 e. The summed E-state index contributed by atoms with van der Waals surface area (Å²) in [5.41, 5.74) is 7.67. The van der Waals surface area contributed by atoms with Crippen LogP contribution in [-0.2, 0) is 4.79 Å². The Bertz CT molecular complexity index is 1300. The van der Waals surface area contributed by atoms with Crippen LogP contribution in [0, 0.1) is 13.8 Å². The van der Waals surface area contributed by atoms with E-state index in [1.54, 1.807) is 6.21 Å². The van der Waals surface area contributed by atoms with Crippen molar-refractivity contribution in [2.75, 3.05) is 12.4 Å². The molecule has 178 valence electrons. The highest BCUT2D eigenvalue weighted by molar-refractivity contribution is 7.99. The van der Waals surface area contributed by atoms with Crippen molar-refractivity contribution >= 4 is 23.9 Å². The SMILES string of the molecule is CCOc1ccc(C=NNC(=O)CSc2nnc(-c3ccc(C)cc3)n2-c2ccc(C)cc2)cc1. The summed E-state index contributed by atoms with van der Waals surface area (Å²) in [6.45, 7) is 6.65. The van der Waals surface area contributed by atoms with Crippen LogP contribution >= 0.6 is 11.8 Å². The Kier molecular flexibility index (Phi) is 7.95. The maximum absolute atomic E-state index is 12.4. The third-order valence-corrected chi connectivity index (χ3v) is 6.09. The van der Waals surface area contributed by atoms with Crippen LogP contribution in [0.15, 0.2) is 83.1 Å². The molecule has 35 heavy (non-hydrogen) atoms. The maximum atomic E-state index is 12.4. The summed E-state index contributed by atoms with van der Waals surface area (Å²) in [5, 5.41) is 13.5. The van der Waals surface area contributed by atoms with Crippen LogP contribution in [0.5, 0.6) is 5.75 Å². The quantitative estimate of drug-likeness (QED) is 0.200. The van der Waals surface area contributed by atoms with E-state index in [4.69, 9.17) is 4.74 Å². The molecule has 1 aromatic heterocycles. The fraction of sp³-hybridized carbons (Fsp3) is 0.185. The molecular formula is C27H27N5O2S. The van der Waals surface area contributed by atoms with Gasteiger partial charge in [-0.05, 0) is 62.7 Å². The van der Waals surface area contributed by atoms with Crippen molar-refractivity contribution in [3.63, 3.8) is 0 Å². The molecule has 1 amide bonds. The summed E-state index contributed by atoms with van der Waals surface area (Å²) in [5.74, 6) is 1.45. The van der Waals surface area contributed by atoms with Crippen molar-refractivity contribution in [1.29, 1.82) is 0 Å². The number of carbonyl (C=O) groups excluding carboxylic acids is 1. The molecule has 0 saturated heterocycles. The fourth-order valence-electron chi connectivity index (χ4n) is 3.34. The Morgan fingerprint density at radius 2 is 1.63 bits per heavy atom. The number of hydrazone groups is 1. The van der Waals surface area contributed by atoms with Gasteiger partial charge in [0, 0.05) is 11.3 Å². The van der Waals surface area contributed by atoms with Gasteiger partial charge in [-0.3, -0.25) is 9.36 Å². The molecule has 3 aromatic carbocycles. The van der Waals surface area contributed by atoms with Gasteiger partial charge in [-0.1, -0.05) is 59.3 Å². The molecule has 0 radical (unpaired) electrons. The van der Waals surface area contributed by atoms with Gasteiger partial charge < -0.3 is 4.74 Å². The standard InChI is InChI=1S/C27H27N5O2S/c1-4-34-24-15-9-21(10-16-24)17-28-29-25(33)18-35-27-31-30-26(22-11-5-19(2)6-12-22)32(27)23-13-7-20(3)8-14-23/h5-17H,4,18H2,1-3H3,(H,29,33). The van der Waals surface area contributed by atoms with Crippen molar-refractivity contribution in [3.8, 4) is 22.8 Å². The molecule has 0 aliphatic heterocycles. The fourth-order valence-corrected chi connectivity index (χ4v) is 4.08. The van der Waals surface area contributed by atoms with Gasteiger partial charge in [0.1, 0.15) is 5.75 Å². The van der Waals surface area contributed by atoms with Crippen molar-refractivity contribution in [2.45, 2.75) is 25.9 Å². The first-order chi connectivity index (χ1) is 17.0. The molecule has 0 fully saturated rings. The van der Waals surface area contributed by atoms with E-state index in [1.807, 2.05) is 98.1 Å². The normalized spacial score (nSPS) is 11.1. The summed E-state index contributed by atoms with van der Waals surface area (Å²) >= 11 is 1.31. The lowest BCUT2D eigenvalue weighted by molar-refractivity contribution is -0.118. The van der Waals surface area contributed by atoms with E-state index in [-0.39, 0.29) is 11.7 Å². The summed E-state index contributed by atoms with van der Waals surface area (Å²) in [4.78, 5) is 12.4. The highest BCUT2D eigenvalue weighted by Gasteiger charge is 2.17. The second-order valence-corrected chi connectivity index (χ2v) is 8.87. The van der Waals surface area contributed by atoms with Crippen LogP contribution in [0.3, 0.4) is 0 Å². The van der Waals surface area contributed by atoms with Gasteiger partial charge in [0.05, 0.1) is 18.6 Å². The van der Waals surface area contributed by atoms with Gasteiger partial charge in [0.2, 0.25) is 0 Å². The molecule has 0 aliphatic rings. The number of benzene rings is 3. The average Bonchev–Trinajstić information content (AvgIpc) is 3.29. The van der Waals surface area contributed by atoms with E-state index in [1.165, 1.54) is 17.3 Å². The van der Waals surface area contributed by atoms with E-state index in [0.717, 1.165) is 34.0 Å². The number of carbonyl (C=O) groups is 1. The molecule has 8 heteroatoms. The largest absolute Gasteiger partial charge is 0.494 e. The first kappa shape index (κ1) is 24.2. The van der Waals surface area contributed by atoms with Crippen LogP contribution in [0.4, 0.5) is 0 Å². The number of ether oxygens (including phenoxy) is 1. The number of hydrogen-bond donors (Lipinski definition) is 1. The van der Waals surface area contributed by atoms with E-state index >= 15 is 0 Å². The van der Waals surface area contributed by atoms with Gasteiger partial charge in [-0.25, -0.2) is 5.43 Å². The Labute approximate surface area is 209 Å². The molecule has 0 saturated carbocycles. The third-order valence-electron chi connectivity index (χ3n) is 5.16. The van der Waals surface area contributed by atoms with Crippen LogP contribution in [0.1, 0.15) is 23.6 Å². The van der Waals surface area contributed by atoms with Crippen LogP contribution in [-0.4, -0.2) is 39.2 Å². The molecule has 0 spiro atoms. The zero-order chi connectivity index (χ0) is 24.6. The van der Waals surface area contributed by atoms with Gasteiger partial charge in [-0.2, -0.15) is 5.10 Å². The second-order valence-electron chi connectivity index (χ2n) is 7.93. The minimum atomic E-state index is -0.229. The Hall–Kier alpha value is -3.91. The van der Waals surface area contributed by atoms with Crippen molar-refractivity contribution in [2.24, 2.45) is 5.10 Å². The van der Waals surface area contributed by atoms with E-state index in [0.29, 0.717) is 11.8 Å². The zero-order valence-electron chi connectivity index (χ0n) is 19.9. The molecule has 7 nitrogen and oxygen atoms in total. The van der Waals surface area contributed by atoms with Crippen molar-refractivity contribution in [1.82, 2.24) is 20.2 Å². The Balaban J connectivity index is 1.46. The Morgan fingerprint density at radius 1 is 0.971 bits per heavy atom. The van der Waals surface area contributed by atoms with Crippen molar-refractivity contribution in [3.05, 3.63) is 89.5 Å². The first-order valence-corrected chi connectivity index (χ1v) is 12.3. The molecule has 0 bridgehead atoms. The predicted molar refractivity (Wildman–Crippen MR) is 140 cm³/mol. The van der Waals surface area contributed by atoms with E-state index in [2.05, 4.69) is 20.7 Å². The van der Waals surface area contributed by atoms with Crippen molar-refractivity contribution < 1.29 is 9.53 Å². The van der Waals surface area contributed by atoms with Gasteiger partial charge in [-0.15, -0.1) is 10.2 Å². The summed E-state index contributed by atoms with van der Waals surface area (Å²) in [7, 11) is 0. The van der Waals surface area contributed by atoms with Crippen LogP contribution < -0.4 is 10.2 Å². The second kappa shape index (κ2) is 11.5. The minimum Gasteiger partial charge on any atom is -0.494 e. The summed E-state index contributed by atoms with van der Waals surface area (Å²) < 4.78 is 7.41. The summed E-state index contributed by atoms with van der Waals surface area (Å²) in [6.07, 6.45) is 1.60. The van der Waals surface area contributed by atoms with E-state index in [9.17, 15) is 4.79 Å². The number of aryl methyl sites for hydroxylation is 2.